The molecule has 0 aromatic heterocycles. The van der Waals surface area contributed by atoms with Gasteiger partial charge in [0.15, 0.2) is 0 Å². The van der Waals surface area contributed by atoms with Crippen molar-refractivity contribution in [2.75, 3.05) is 0 Å². The first-order valence-corrected chi connectivity index (χ1v) is 7.26. The normalized spacial score (nSPS) is 41.1. The highest BCUT2D eigenvalue weighted by atomic mass is 16.6. The third-order valence-corrected chi connectivity index (χ3v) is 4.15. The molecule has 0 amide bonds. The van der Waals surface area contributed by atoms with E-state index in [4.69, 9.17) is 14.2 Å². The minimum Gasteiger partial charge on any atom is -0.462 e. The quantitative estimate of drug-likeness (QED) is 0.538. The first kappa shape index (κ1) is 12.4. The first-order chi connectivity index (χ1) is 8.76. The van der Waals surface area contributed by atoms with Crippen LogP contribution in [0.15, 0.2) is 0 Å². The summed E-state index contributed by atoms with van der Waals surface area (Å²) in [5.74, 6) is -0.0944. The van der Waals surface area contributed by atoms with E-state index in [2.05, 4.69) is 6.92 Å². The van der Waals surface area contributed by atoms with Crippen molar-refractivity contribution in [1.29, 1.82) is 0 Å². The van der Waals surface area contributed by atoms with Gasteiger partial charge in [-0.15, -0.1) is 0 Å². The van der Waals surface area contributed by atoms with Crippen LogP contribution in [0.1, 0.15) is 51.9 Å². The van der Waals surface area contributed by atoms with Gasteiger partial charge in [0, 0.05) is 6.42 Å². The zero-order valence-corrected chi connectivity index (χ0v) is 11.0. The van der Waals surface area contributed by atoms with Crippen LogP contribution in [-0.2, 0) is 19.0 Å². The molecular weight excluding hydrogens is 232 g/mol. The zero-order chi connectivity index (χ0) is 12.5. The molecule has 3 rings (SSSR count). The fourth-order valence-electron chi connectivity index (χ4n) is 2.89. The minimum atomic E-state index is -0.0944. The Morgan fingerprint density at radius 1 is 1.22 bits per heavy atom. The smallest absolute Gasteiger partial charge is 0.308 e. The molecular formula is C14H22O4. The summed E-state index contributed by atoms with van der Waals surface area (Å²) in [6.07, 6.45) is 8.10. The van der Waals surface area contributed by atoms with Gasteiger partial charge in [0.25, 0.3) is 0 Å². The van der Waals surface area contributed by atoms with Crippen LogP contribution in [0.3, 0.4) is 0 Å². The summed E-state index contributed by atoms with van der Waals surface area (Å²) in [4.78, 5) is 11.8. The van der Waals surface area contributed by atoms with Crippen LogP contribution in [0.25, 0.3) is 0 Å². The Labute approximate surface area is 108 Å². The lowest BCUT2D eigenvalue weighted by Crippen LogP contribution is -2.25. The molecule has 2 heterocycles. The molecule has 2 aliphatic heterocycles. The molecule has 0 aromatic rings. The maximum absolute atomic E-state index is 11.8. The molecule has 0 radical (unpaired) electrons. The lowest BCUT2D eigenvalue weighted by Gasteiger charge is -2.19. The topological polar surface area (TPSA) is 51.4 Å². The van der Waals surface area contributed by atoms with E-state index in [9.17, 15) is 4.79 Å². The number of fused-ring (bicyclic) bond motifs is 1. The highest BCUT2D eigenvalue weighted by Gasteiger charge is 2.45. The summed E-state index contributed by atoms with van der Waals surface area (Å²) >= 11 is 0. The van der Waals surface area contributed by atoms with E-state index in [1.54, 1.807) is 0 Å². The number of ether oxygens (including phenoxy) is 3. The van der Waals surface area contributed by atoms with Crippen LogP contribution in [0.4, 0.5) is 0 Å². The lowest BCUT2D eigenvalue weighted by atomic mass is 9.98. The number of hydrogen-bond donors (Lipinski definition) is 0. The average Bonchev–Trinajstić information content (AvgIpc) is 3.22. The van der Waals surface area contributed by atoms with Crippen molar-refractivity contribution in [2.24, 2.45) is 0 Å². The van der Waals surface area contributed by atoms with Crippen LogP contribution in [0.2, 0.25) is 0 Å². The summed E-state index contributed by atoms with van der Waals surface area (Å²) in [7, 11) is 0. The molecule has 3 aliphatic rings. The number of esters is 1. The Morgan fingerprint density at radius 3 is 2.89 bits per heavy atom. The summed E-state index contributed by atoms with van der Waals surface area (Å²) in [5.41, 5.74) is 0. The van der Waals surface area contributed by atoms with Gasteiger partial charge in [0.2, 0.25) is 0 Å². The fraction of sp³-hybridized carbons (Fsp3) is 0.929. The van der Waals surface area contributed by atoms with Gasteiger partial charge in [-0.2, -0.15) is 0 Å². The average molecular weight is 254 g/mol. The fourth-order valence-corrected chi connectivity index (χ4v) is 2.89. The van der Waals surface area contributed by atoms with Gasteiger partial charge in [0.1, 0.15) is 6.10 Å². The molecule has 3 fully saturated rings. The highest BCUT2D eigenvalue weighted by molar-refractivity contribution is 5.70. The number of hydrogen-bond acceptors (Lipinski definition) is 4. The molecule has 0 aromatic carbocycles. The minimum absolute atomic E-state index is 0.0779. The molecule has 0 N–H and O–H groups in total. The number of epoxide rings is 2. The van der Waals surface area contributed by atoms with Gasteiger partial charge in [-0.05, 0) is 19.3 Å². The summed E-state index contributed by atoms with van der Waals surface area (Å²) in [6.45, 7) is 2.17. The van der Waals surface area contributed by atoms with E-state index < -0.39 is 0 Å². The Balaban J connectivity index is 1.32. The molecule has 1 aliphatic carbocycles. The molecule has 0 spiro atoms. The van der Waals surface area contributed by atoms with Gasteiger partial charge >= 0.3 is 5.97 Å². The second-order valence-electron chi connectivity index (χ2n) is 5.70. The highest BCUT2D eigenvalue weighted by Crippen LogP contribution is 2.38. The van der Waals surface area contributed by atoms with Crippen molar-refractivity contribution in [3.8, 4) is 0 Å². The first-order valence-electron chi connectivity index (χ1n) is 7.26. The van der Waals surface area contributed by atoms with E-state index in [0.717, 1.165) is 25.7 Å². The second kappa shape index (κ2) is 5.17. The van der Waals surface area contributed by atoms with Crippen molar-refractivity contribution in [2.45, 2.75) is 82.4 Å². The Kier molecular flexibility index (Phi) is 3.57. The summed E-state index contributed by atoms with van der Waals surface area (Å²) in [6, 6.07) is 0. The number of rotatable bonds is 6. The molecule has 5 unspecified atom stereocenters. The third kappa shape index (κ3) is 3.04. The molecule has 5 atom stereocenters. The van der Waals surface area contributed by atoms with Crippen LogP contribution < -0.4 is 0 Å². The van der Waals surface area contributed by atoms with Crippen LogP contribution >= 0.6 is 0 Å². The van der Waals surface area contributed by atoms with E-state index >= 15 is 0 Å². The van der Waals surface area contributed by atoms with E-state index in [1.165, 1.54) is 12.8 Å². The van der Waals surface area contributed by atoms with E-state index in [0.29, 0.717) is 24.7 Å². The Bertz CT molecular complexity index is 317. The van der Waals surface area contributed by atoms with Gasteiger partial charge in [-0.1, -0.05) is 19.8 Å². The van der Waals surface area contributed by atoms with Crippen LogP contribution in [0.5, 0.6) is 0 Å². The van der Waals surface area contributed by atoms with Gasteiger partial charge in [0.05, 0.1) is 30.8 Å². The SMILES string of the molecule is CCCCC1OC1CC(=O)OC1CCC2OC2C1. The predicted octanol–water partition coefficient (Wildman–Crippen LogP) is 2.20. The molecule has 4 nitrogen and oxygen atoms in total. The van der Waals surface area contributed by atoms with Crippen molar-refractivity contribution in [3.63, 3.8) is 0 Å². The van der Waals surface area contributed by atoms with Gasteiger partial charge in [-0.3, -0.25) is 4.79 Å². The second-order valence-corrected chi connectivity index (χ2v) is 5.70. The molecule has 2 saturated heterocycles. The maximum Gasteiger partial charge on any atom is 0.308 e. The summed E-state index contributed by atoms with van der Waals surface area (Å²) < 4.78 is 16.4. The molecule has 0 bridgehead atoms. The van der Waals surface area contributed by atoms with Crippen LogP contribution in [0, 0.1) is 0 Å². The third-order valence-electron chi connectivity index (χ3n) is 4.15. The van der Waals surface area contributed by atoms with Gasteiger partial charge in [-0.25, -0.2) is 0 Å². The molecule has 102 valence electrons. The van der Waals surface area contributed by atoms with Crippen molar-refractivity contribution in [1.82, 2.24) is 0 Å². The number of carbonyl (C=O) groups is 1. The monoisotopic (exact) mass is 254 g/mol. The predicted molar refractivity (Wildman–Crippen MR) is 65.2 cm³/mol. The van der Waals surface area contributed by atoms with Crippen LogP contribution in [-0.4, -0.2) is 36.5 Å². The maximum atomic E-state index is 11.8. The number of unbranched alkanes of at least 4 members (excludes halogenated alkanes) is 1. The Morgan fingerprint density at radius 2 is 2.11 bits per heavy atom. The summed E-state index contributed by atoms with van der Waals surface area (Å²) in [5, 5.41) is 0. The molecule has 18 heavy (non-hydrogen) atoms. The molecule has 1 saturated carbocycles. The number of carbonyl (C=O) groups excluding carboxylic acids is 1. The van der Waals surface area contributed by atoms with Gasteiger partial charge < -0.3 is 14.2 Å². The lowest BCUT2D eigenvalue weighted by molar-refractivity contribution is -0.150. The zero-order valence-electron chi connectivity index (χ0n) is 11.0. The van der Waals surface area contributed by atoms with E-state index in [-0.39, 0.29) is 18.2 Å². The standard InChI is InChI=1S/C14H22O4/c1-2-3-4-10-13(17-10)8-14(15)16-9-5-6-11-12(7-9)18-11/h9-13H,2-8H2,1H3. The van der Waals surface area contributed by atoms with E-state index in [1.807, 2.05) is 0 Å². The largest absolute Gasteiger partial charge is 0.462 e. The molecule has 4 heteroatoms. The van der Waals surface area contributed by atoms with Crippen molar-refractivity contribution >= 4 is 5.97 Å². The Hall–Kier alpha value is -0.610. The van der Waals surface area contributed by atoms with Crippen molar-refractivity contribution < 1.29 is 19.0 Å². The van der Waals surface area contributed by atoms with Crippen molar-refractivity contribution in [3.05, 3.63) is 0 Å².